The van der Waals surface area contributed by atoms with E-state index in [2.05, 4.69) is 40.1 Å². The van der Waals surface area contributed by atoms with Crippen molar-refractivity contribution in [2.24, 2.45) is 4.99 Å². The van der Waals surface area contributed by atoms with Crippen LogP contribution < -0.4 is 5.32 Å². The van der Waals surface area contributed by atoms with Gasteiger partial charge in [0.15, 0.2) is 5.17 Å². The number of hydrogen-bond acceptors (Lipinski definition) is 3. The molecule has 0 radical (unpaired) electrons. The molecule has 98 valence electrons. The highest BCUT2D eigenvalue weighted by molar-refractivity contribution is 9.10. The molecular weight excluding hydrogens is 339 g/mol. The first-order valence-corrected chi connectivity index (χ1v) is 7.67. The molecule has 2 nitrogen and oxygen atoms in total. The van der Waals surface area contributed by atoms with E-state index in [0.717, 1.165) is 11.6 Å². The molecule has 2 rings (SSSR count). The maximum Gasteiger partial charge on any atom is 0.161 e. The second-order valence-electron chi connectivity index (χ2n) is 4.32. The van der Waals surface area contributed by atoms with E-state index in [1.807, 2.05) is 0 Å². The minimum Gasteiger partial charge on any atom is -0.333 e. The number of amidine groups is 1. The summed E-state index contributed by atoms with van der Waals surface area (Å²) in [7, 11) is 0. The van der Waals surface area contributed by atoms with Crippen LogP contribution in [0.3, 0.4) is 0 Å². The van der Waals surface area contributed by atoms with E-state index in [1.54, 1.807) is 11.8 Å². The SMILES string of the molecule is CC1CC(C)SC(Nc2c(Cl)cc(F)cc2Br)=N1. The van der Waals surface area contributed by atoms with Gasteiger partial charge in [-0.25, -0.2) is 4.39 Å². The van der Waals surface area contributed by atoms with Gasteiger partial charge in [-0.3, -0.25) is 4.99 Å². The first kappa shape index (κ1) is 14.2. The van der Waals surface area contributed by atoms with E-state index in [9.17, 15) is 4.39 Å². The topological polar surface area (TPSA) is 24.4 Å². The van der Waals surface area contributed by atoms with E-state index in [0.29, 0.717) is 26.5 Å². The van der Waals surface area contributed by atoms with Crippen LogP contribution in [-0.2, 0) is 0 Å². The van der Waals surface area contributed by atoms with Gasteiger partial charge in [0.25, 0.3) is 0 Å². The first-order valence-electron chi connectivity index (χ1n) is 5.61. The van der Waals surface area contributed by atoms with E-state index in [4.69, 9.17) is 11.6 Å². The summed E-state index contributed by atoms with van der Waals surface area (Å²) in [6, 6.07) is 2.96. The second kappa shape index (κ2) is 5.80. The highest BCUT2D eigenvalue weighted by Crippen LogP contribution is 2.34. The van der Waals surface area contributed by atoms with E-state index in [1.165, 1.54) is 12.1 Å². The lowest BCUT2D eigenvalue weighted by Gasteiger charge is -2.23. The lowest BCUT2D eigenvalue weighted by molar-refractivity contribution is 0.627. The van der Waals surface area contributed by atoms with Gasteiger partial charge < -0.3 is 5.32 Å². The Bertz CT molecular complexity index is 472. The molecule has 0 fully saturated rings. The molecule has 0 amide bonds. The van der Waals surface area contributed by atoms with Crippen LogP contribution in [0, 0.1) is 5.82 Å². The van der Waals surface area contributed by atoms with Gasteiger partial charge in [-0.1, -0.05) is 30.3 Å². The monoisotopic (exact) mass is 350 g/mol. The maximum absolute atomic E-state index is 13.1. The smallest absolute Gasteiger partial charge is 0.161 e. The molecule has 0 bridgehead atoms. The van der Waals surface area contributed by atoms with Gasteiger partial charge in [0.2, 0.25) is 0 Å². The second-order valence-corrected chi connectivity index (χ2v) is 7.01. The summed E-state index contributed by atoms with van der Waals surface area (Å²) < 4.78 is 13.7. The average molecular weight is 352 g/mol. The lowest BCUT2D eigenvalue weighted by Crippen LogP contribution is -2.23. The number of anilines is 1. The summed E-state index contributed by atoms with van der Waals surface area (Å²) in [6.07, 6.45) is 1.06. The summed E-state index contributed by atoms with van der Waals surface area (Å²) in [4.78, 5) is 4.53. The van der Waals surface area contributed by atoms with Crippen molar-refractivity contribution in [2.75, 3.05) is 5.32 Å². The largest absolute Gasteiger partial charge is 0.333 e. The fourth-order valence-corrected chi connectivity index (χ4v) is 3.89. The summed E-state index contributed by atoms with van der Waals surface area (Å²) in [5.41, 5.74) is 0.658. The number of aliphatic imine (C=N–C) groups is 1. The zero-order valence-corrected chi connectivity index (χ0v) is 13.2. The van der Waals surface area contributed by atoms with Crippen molar-refractivity contribution in [1.29, 1.82) is 0 Å². The van der Waals surface area contributed by atoms with Gasteiger partial charge in [0.1, 0.15) is 5.82 Å². The van der Waals surface area contributed by atoms with E-state index < -0.39 is 0 Å². The Morgan fingerprint density at radius 1 is 1.50 bits per heavy atom. The highest BCUT2D eigenvalue weighted by atomic mass is 79.9. The van der Waals surface area contributed by atoms with Crippen LogP contribution >= 0.6 is 39.3 Å². The third-order valence-electron chi connectivity index (χ3n) is 2.56. The van der Waals surface area contributed by atoms with Crippen molar-refractivity contribution in [3.8, 4) is 0 Å². The quantitative estimate of drug-likeness (QED) is 0.776. The predicted molar refractivity (Wildman–Crippen MR) is 81.3 cm³/mol. The number of benzene rings is 1. The Hall–Kier alpha value is -0.260. The molecule has 1 aromatic rings. The summed E-state index contributed by atoms with van der Waals surface area (Å²) in [5, 5.41) is 4.86. The average Bonchev–Trinajstić information content (AvgIpc) is 2.22. The van der Waals surface area contributed by atoms with E-state index in [-0.39, 0.29) is 5.82 Å². The maximum atomic E-state index is 13.1. The van der Waals surface area contributed by atoms with Crippen molar-refractivity contribution in [2.45, 2.75) is 31.6 Å². The van der Waals surface area contributed by atoms with Gasteiger partial charge in [-0.2, -0.15) is 0 Å². The molecule has 0 aromatic heterocycles. The standard InChI is InChI=1S/C12H13BrClFN2S/c1-6-3-7(2)18-12(16-6)17-11-9(13)4-8(15)5-10(11)14/h4-7H,3H2,1-2H3,(H,16,17). The third-order valence-corrected chi connectivity index (χ3v) is 4.51. The third kappa shape index (κ3) is 3.39. The molecule has 0 saturated carbocycles. The molecule has 1 N–H and O–H groups in total. The van der Waals surface area contributed by atoms with Crippen LogP contribution in [0.4, 0.5) is 10.1 Å². The molecule has 1 aliphatic rings. The zero-order chi connectivity index (χ0) is 13.3. The lowest BCUT2D eigenvalue weighted by atomic mass is 10.2. The molecule has 2 atom stereocenters. The van der Waals surface area contributed by atoms with E-state index >= 15 is 0 Å². The molecule has 0 saturated heterocycles. The Morgan fingerprint density at radius 3 is 2.83 bits per heavy atom. The van der Waals surface area contributed by atoms with Crippen molar-refractivity contribution in [3.05, 3.63) is 27.4 Å². The number of hydrogen-bond donors (Lipinski definition) is 1. The van der Waals surface area contributed by atoms with Gasteiger partial charge in [0.05, 0.1) is 16.8 Å². The molecule has 1 heterocycles. The Balaban J connectivity index is 2.24. The highest BCUT2D eigenvalue weighted by Gasteiger charge is 2.20. The molecule has 6 heteroatoms. The molecule has 1 aliphatic heterocycles. The van der Waals surface area contributed by atoms with Gasteiger partial charge in [-0.15, -0.1) is 0 Å². The van der Waals surface area contributed by atoms with Crippen LogP contribution in [0.2, 0.25) is 5.02 Å². The molecule has 0 aliphatic carbocycles. The van der Waals surface area contributed by atoms with Crippen molar-refractivity contribution >= 4 is 50.1 Å². The number of nitrogens with zero attached hydrogens (tertiary/aromatic N) is 1. The molecule has 18 heavy (non-hydrogen) atoms. The van der Waals surface area contributed by atoms with Gasteiger partial charge in [-0.05, 0) is 41.4 Å². The summed E-state index contributed by atoms with van der Waals surface area (Å²) in [6.45, 7) is 4.25. The van der Waals surface area contributed by atoms with Crippen LogP contribution in [-0.4, -0.2) is 16.5 Å². The Kier molecular flexibility index (Phi) is 4.56. The Labute approximate surface area is 124 Å². The van der Waals surface area contributed by atoms with Crippen LogP contribution in [0.5, 0.6) is 0 Å². The zero-order valence-electron chi connectivity index (χ0n) is 10.0. The van der Waals surface area contributed by atoms with Gasteiger partial charge >= 0.3 is 0 Å². The molecule has 0 spiro atoms. The normalized spacial score (nSPS) is 23.7. The summed E-state index contributed by atoms with van der Waals surface area (Å²) in [5.74, 6) is -0.364. The minimum absolute atomic E-state index is 0.293. The Morgan fingerprint density at radius 2 is 2.22 bits per heavy atom. The molecular formula is C12H13BrClFN2S. The van der Waals surface area contributed by atoms with Gasteiger partial charge in [0, 0.05) is 9.72 Å². The van der Waals surface area contributed by atoms with Crippen LogP contribution in [0.25, 0.3) is 0 Å². The van der Waals surface area contributed by atoms with Crippen molar-refractivity contribution < 1.29 is 4.39 Å². The minimum atomic E-state index is -0.364. The number of halogens is 3. The van der Waals surface area contributed by atoms with Crippen molar-refractivity contribution in [1.82, 2.24) is 0 Å². The van der Waals surface area contributed by atoms with Crippen molar-refractivity contribution in [3.63, 3.8) is 0 Å². The molecule has 1 aromatic carbocycles. The fraction of sp³-hybridized carbons (Fsp3) is 0.417. The fourth-order valence-electron chi connectivity index (χ4n) is 1.83. The first-order chi connectivity index (χ1) is 8.45. The number of rotatable bonds is 1. The van der Waals surface area contributed by atoms with Crippen LogP contribution in [0.15, 0.2) is 21.6 Å². The van der Waals surface area contributed by atoms with Crippen LogP contribution in [0.1, 0.15) is 20.3 Å². The molecule has 2 unspecified atom stereocenters. The number of nitrogens with one attached hydrogen (secondary N) is 1. The predicted octanol–water partition coefficient (Wildman–Crippen LogP) is 4.92. The summed E-state index contributed by atoms with van der Waals surface area (Å²) >= 11 is 11.0. The number of thioether (sulfide) groups is 1.